The first-order valence-electron chi connectivity index (χ1n) is 7.05. The molecule has 20 heavy (non-hydrogen) atoms. The summed E-state index contributed by atoms with van der Waals surface area (Å²) in [5.74, 6) is 0.490. The van der Waals surface area contributed by atoms with Crippen LogP contribution in [-0.4, -0.2) is 24.2 Å². The predicted molar refractivity (Wildman–Crippen MR) is 80.7 cm³/mol. The fourth-order valence-electron chi connectivity index (χ4n) is 2.86. The van der Waals surface area contributed by atoms with Gasteiger partial charge in [-0.15, -0.1) is 0 Å². The molecule has 0 heterocycles. The van der Waals surface area contributed by atoms with Gasteiger partial charge in [-0.25, -0.2) is 0 Å². The number of rotatable bonds is 4. The molecule has 2 rings (SSSR count). The molecule has 0 saturated heterocycles. The molecule has 0 aromatic heterocycles. The van der Waals surface area contributed by atoms with E-state index < -0.39 is 0 Å². The first kappa shape index (κ1) is 15.1. The van der Waals surface area contributed by atoms with Crippen LogP contribution in [0.3, 0.4) is 0 Å². The summed E-state index contributed by atoms with van der Waals surface area (Å²) in [5.41, 5.74) is 6.64. The Bertz CT molecular complexity index is 459. The van der Waals surface area contributed by atoms with Crippen molar-refractivity contribution >= 4 is 23.2 Å². The molecule has 0 radical (unpaired) electrons. The molecular formula is C15H21ClN2O2. The third kappa shape index (κ3) is 3.87. The number of benzene rings is 1. The van der Waals surface area contributed by atoms with Crippen molar-refractivity contribution in [1.82, 2.24) is 5.32 Å². The zero-order valence-corrected chi connectivity index (χ0v) is 12.2. The van der Waals surface area contributed by atoms with Crippen LogP contribution in [0.1, 0.15) is 36.0 Å². The van der Waals surface area contributed by atoms with E-state index in [4.69, 9.17) is 17.3 Å². The van der Waals surface area contributed by atoms with E-state index in [1.165, 1.54) is 12.8 Å². The minimum atomic E-state index is -0.165. The van der Waals surface area contributed by atoms with Crippen LogP contribution in [0, 0.1) is 11.8 Å². The average Bonchev–Trinajstić information content (AvgIpc) is 2.44. The van der Waals surface area contributed by atoms with Gasteiger partial charge in [-0.3, -0.25) is 4.79 Å². The Kier molecular flexibility index (Phi) is 5.26. The monoisotopic (exact) mass is 296 g/mol. The van der Waals surface area contributed by atoms with E-state index in [1.54, 1.807) is 18.2 Å². The van der Waals surface area contributed by atoms with Gasteiger partial charge in [0.05, 0.1) is 0 Å². The van der Waals surface area contributed by atoms with Gasteiger partial charge in [0.15, 0.2) is 0 Å². The number of hydrogen-bond donors (Lipinski definition) is 3. The number of nitrogen functional groups attached to an aromatic ring is 1. The molecule has 1 amide bonds. The van der Waals surface area contributed by atoms with E-state index in [2.05, 4.69) is 5.32 Å². The maximum atomic E-state index is 12.1. The second kappa shape index (κ2) is 6.95. The number of halogens is 1. The van der Waals surface area contributed by atoms with Gasteiger partial charge in [-0.1, -0.05) is 24.4 Å². The number of aliphatic hydroxyl groups is 1. The third-order valence-electron chi connectivity index (χ3n) is 4.01. The summed E-state index contributed by atoms with van der Waals surface area (Å²) >= 11 is 5.90. The van der Waals surface area contributed by atoms with Crippen molar-refractivity contribution in [1.29, 1.82) is 0 Å². The Morgan fingerprint density at radius 2 is 2.00 bits per heavy atom. The van der Waals surface area contributed by atoms with Crippen LogP contribution >= 0.6 is 11.6 Å². The Morgan fingerprint density at radius 1 is 1.30 bits per heavy atom. The normalized spacial score (nSPS) is 22.5. The van der Waals surface area contributed by atoms with Crippen LogP contribution < -0.4 is 11.1 Å². The van der Waals surface area contributed by atoms with E-state index >= 15 is 0 Å². The summed E-state index contributed by atoms with van der Waals surface area (Å²) in [6.45, 7) is 0.793. The van der Waals surface area contributed by atoms with Gasteiger partial charge in [0.25, 0.3) is 5.91 Å². The number of anilines is 1. The van der Waals surface area contributed by atoms with Crippen LogP contribution in [0.4, 0.5) is 5.69 Å². The number of aliphatic hydroxyl groups excluding tert-OH is 1. The van der Waals surface area contributed by atoms with Gasteiger partial charge in [-0.2, -0.15) is 0 Å². The van der Waals surface area contributed by atoms with E-state index in [0.717, 1.165) is 12.8 Å². The lowest BCUT2D eigenvalue weighted by Gasteiger charge is -2.30. The van der Waals surface area contributed by atoms with Crippen LogP contribution in [-0.2, 0) is 0 Å². The Hall–Kier alpha value is -1.26. The number of hydrogen-bond acceptors (Lipinski definition) is 3. The molecule has 2 atom stereocenters. The maximum Gasteiger partial charge on any atom is 0.251 e. The standard InChI is InChI=1S/C15H21ClN2O2/c16-13-5-12(6-14(17)7-13)15(20)18-8-10-3-1-2-4-11(10)9-19/h5-7,10-11,19H,1-4,8-9,17H2,(H,18,20). The SMILES string of the molecule is Nc1cc(Cl)cc(C(=O)NCC2CCCCC2CO)c1. The van der Waals surface area contributed by atoms with E-state index in [-0.39, 0.29) is 12.5 Å². The molecule has 1 aliphatic carbocycles. The van der Waals surface area contributed by atoms with Gasteiger partial charge in [-0.05, 0) is 42.9 Å². The molecule has 1 aliphatic rings. The lowest BCUT2D eigenvalue weighted by atomic mass is 9.79. The molecular weight excluding hydrogens is 276 g/mol. The van der Waals surface area contributed by atoms with Gasteiger partial charge >= 0.3 is 0 Å². The fourth-order valence-corrected chi connectivity index (χ4v) is 3.11. The zero-order valence-electron chi connectivity index (χ0n) is 11.4. The zero-order chi connectivity index (χ0) is 14.5. The van der Waals surface area contributed by atoms with Gasteiger partial charge in [0, 0.05) is 29.4 Å². The average molecular weight is 297 g/mol. The molecule has 4 nitrogen and oxygen atoms in total. The Labute approximate surface area is 124 Å². The van der Waals surface area contributed by atoms with Crippen molar-refractivity contribution in [3.8, 4) is 0 Å². The van der Waals surface area contributed by atoms with Crippen molar-refractivity contribution in [2.24, 2.45) is 11.8 Å². The van der Waals surface area contributed by atoms with Crippen LogP contribution in [0.15, 0.2) is 18.2 Å². The number of carbonyl (C=O) groups excluding carboxylic acids is 1. The molecule has 0 bridgehead atoms. The minimum Gasteiger partial charge on any atom is -0.399 e. The van der Waals surface area contributed by atoms with Crippen molar-refractivity contribution in [3.05, 3.63) is 28.8 Å². The number of amides is 1. The summed E-state index contributed by atoms with van der Waals surface area (Å²) in [5, 5.41) is 12.8. The van der Waals surface area contributed by atoms with E-state index in [0.29, 0.717) is 34.7 Å². The van der Waals surface area contributed by atoms with Gasteiger partial charge < -0.3 is 16.2 Å². The van der Waals surface area contributed by atoms with Crippen molar-refractivity contribution in [2.75, 3.05) is 18.9 Å². The second-order valence-corrected chi connectivity index (χ2v) is 5.91. The lowest BCUT2D eigenvalue weighted by Crippen LogP contribution is -2.35. The first-order chi connectivity index (χ1) is 9.60. The predicted octanol–water partition coefficient (Wildman–Crippen LogP) is 2.45. The number of carbonyl (C=O) groups is 1. The van der Waals surface area contributed by atoms with E-state index in [1.807, 2.05) is 0 Å². The van der Waals surface area contributed by atoms with Crippen molar-refractivity contribution < 1.29 is 9.90 Å². The highest BCUT2D eigenvalue weighted by Gasteiger charge is 2.24. The topological polar surface area (TPSA) is 75.4 Å². The molecule has 1 saturated carbocycles. The summed E-state index contributed by atoms with van der Waals surface area (Å²) in [6, 6.07) is 4.84. The van der Waals surface area contributed by atoms with Gasteiger partial charge in [0.2, 0.25) is 0 Å². The van der Waals surface area contributed by atoms with Crippen molar-refractivity contribution in [3.63, 3.8) is 0 Å². The van der Waals surface area contributed by atoms with Crippen LogP contribution in [0.2, 0.25) is 5.02 Å². The summed E-state index contributed by atoms with van der Waals surface area (Å²) in [7, 11) is 0. The molecule has 2 unspecified atom stereocenters. The smallest absolute Gasteiger partial charge is 0.251 e. The van der Waals surface area contributed by atoms with Crippen molar-refractivity contribution in [2.45, 2.75) is 25.7 Å². The third-order valence-corrected chi connectivity index (χ3v) is 4.23. The highest BCUT2D eigenvalue weighted by molar-refractivity contribution is 6.31. The molecule has 4 N–H and O–H groups in total. The molecule has 0 spiro atoms. The highest BCUT2D eigenvalue weighted by Crippen LogP contribution is 2.29. The maximum absolute atomic E-state index is 12.1. The molecule has 5 heteroatoms. The largest absolute Gasteiger partial charge is 0.399 e. The molecule has 1 fully saturated rings. The molecule has 110 valence electrons. The quantitative estimate of drug-likeness (QED) is 0.747. The first-order valence-corrected chi connectivity index (χ1v) is 7.43. The van der Waals surface area contributed by atoms with Crippen LogP contribution in [0.25, 0.3) is 0 Å². The second-order valence-electron chi connectivity index (χ2n) is 5.47. The molecule has 1 aromatic rings. The minimum absolute atomic E-state index is 0.165. The fraction of sp³-hybridized carbons (Fsp3) is 0.533. The number of nitrogens with one attached hydrogen (secondary N) is 1. The van der Waals surface area contributed by atoms with Gasteiger partial charge in [0.1, 0.15) is 0 Å². The molecule has 0 aliphatic heterocycles. The number of nitrogens with two attached hydrogens (primary N) is 1. The lowest BCUT2D eigenvalue weighted by molar-refractivity contribution is 0.0909. The highest BCUT2D eigenvalue weighted by atomic mass is 35.5. The summed E-state index contributed by atoms with van der Waals surface area (Å²) < 4.78 is 0. The Balaban J connectivity index is 1.94. The van der Waals surface area contributed by atoms with E-state index in [9.17, 15) is 9.90 Å². The molecule has 1 aromatic carbocycles. The summed E-state index contributed by atoms with van der Waals surface area (Å²) in [6.07, 6.45) is 4.44. The summed E-state index contributed by atoms with van der Waals surface area (Å²) in [4.78, 5) is 12.1. The Morgan fingerprint density at radius 3 is 2.65 bits per heavy atom. The van der Waals surface area contributed by atoms with Crippen LogP contribution in [0.5, 0.6) is 0 Å².